The summed E-state index contributed by atoms with van der Waals surface area (Å²) in [5.41, 5.74) is 5.64. The van der Waals surface area contributed by atoms with Gasteiger partial charge < -0.3 is 4.98 Å². The van der Waals surface area contributed by atoms with Gasteiger partial charge in [0.1, 0.15) is 0 Å². The van der Waals surface area contributed by atoms with Gasteiger partial charge in [-0.05, 0) is 54.5 Å². The quantitative estimate of drug-likeness (QED) is 0.642. The zero-order valence-electron chi connectivity index (χ0n) is 12.9. The van der Waals surface area contributed by atoms with E-state index in [1.54, 1.807) is 0 Å². The lowest BCUT2D eigenvalue weighted by molar-refractivity contribution is 0.836. The molecule has 4 rings (SSSR count). The molecule has 112 valence electrons. The fourth-order valence-electron chi connectivity index (χ4n) is 2.91. The van der Waals surface area contributed by atoms with E-state index in [0.29, 0.717) is 5.92 Å². The molecule has 0 amide bonds. The molecule has 1 aromatic carbocycles. The lowest BCUT2D eigenvalue weighted by atomic mass is 10.1. The molecule has 1 aliphatic rings. The number of hydrogen-bond acceptors (Lipinski definition) is 1. The van der Waals surface area contributed by atoms with Crippen LogP contribution in [-0.4, -0.2) is 9.97 Å². The van der Waals surface area contributed by atoms with E-state index < -0.39 is 0 Å². The van der Waals surface area contributed by atoms with Crippen LogP contribution in [0.1, 0.15) is 49.8 Å². The summed E-state index contributed by atoms with van der Waals surface area (Å²) in [6.07, 6.45) is 4.60. The normalized spacial score (nSPS) is 14.9. The predicted molar refractivity (Wildman–Crippen MR) is 92.6 cm³/mol. The maximum atomic E-state index is 6.49. The van der Waals surface area contributed by atoms with Crippen molar-refractivity contribution < 1.29 is 0 Å². The zero-order chi connectivity index (χ0) is 15.3. The molecule has 2 heterocycles. The van der Waals surface area contributed by atoms with E-state index in [4.69, 9.17) is 11.6 Å². The molecule has 1 N–H and O–H groups in total. The molecular weight excluding hydrogens is 292 g/mol. The number of benzene rings is 1. The molecule has 1 aliphatic carbocycles. The first-order valence-corrected chi connectivity index (χ1v) is 8.28. The Morgan fingerprint density at radius 3 is 2.64 bits per heavy atom. The number of nitrogens with one attached hydrogen (secondary N) is 1. The van der Waals surface area contributed by atoms with Crippen molar-refractivity contribution in [3.8, 4) is 11.3 Å². The third kappa shape index (κ3) is 2.42. The van der Waals surface area contributed by atoms with Crippen LogP contribution in [0.2, 0.25) is 5.02 Å². The van der Waals surface area contributed by atoms with Gasteiger partial charge in [-0.3, -0.25) is 4.98 Å². The smallest absolute Gasteiger partial charge is 0.0717 e. The van der Waals surface area contributed by atoms with Crippen molar-refractivity contribution in [3.05, 3.63) is 52.8 Å². The van der Waals surface area contributed by atoms with Crippen molar-refractivity contribution in [1.82, 2.24) is 9.97 Å². The van der Waals surface area contributed by atoms with E-state index in [2.05, 4.69) is 48.1 Å². The number of pyridine rings is 1. The molecule has 22 heavy (non-hydrogen) atoms. The van der Waals surface area contributed by atoms with Gasteiger partial charge >= 0.3 is 0 Å². The summed E-state index contributed by atoms with van der Waals surface area (Å²) >= 11 is 6.49. The van der Waals surface area contributed by atoms with E-state index in [1.165, 1.54) is 24.1 Å². The molecule has 0 radical (unpaired) electrons. The van der Waals surface area contributed by atoms with Crippen LogP contribution in [0.5, 0.6) is 0 Å². The maximum Gasteiger partial charge on any atom is 0.0717 e. The largest absolute Gasteiger partial charge is 0.358 e. The van der Waals surface area contributed by atoms with Crippen molar-refractivity contribution in [1.29, 1.82) is 0 Å². The Hall–Kier alpha value is -1.80. The third-order valence-corrected chi connectivity index (χ3v) is 4.78. The molecule has 0 bridgehead atoms. The summed E-state index contributed by atoms with van der Waals surface area (Å²) in [6.45, 7) is 4.37. The van der Waals surface area contributed by atoms with E-state index in [-0.39, 0.29) is 0 Å². The summed E-state index contributed by atoms with van der Waals surface area (Å²) in [5.74, 6) is 1.21. The number of aromatic nitrogens is 2. The summed E-state index contributed by atoms with van der Waals surface area (Å²) in [4.78, 5) is 8.11. The summed E-state index contributed by atoms with van der Waals surface area (Å²) < 4.78 is 0. The molecule has 0 aliphatic heterocycles. The average Bonchev–Trinajstić information content (AvgIpc) is 3.27. The highest BCUT2D eigenvalue weighted by molar-refractivity contribution is 6.34. The molecule has 0 saturated heterocycles. The molecule has 0 spiro atoms. The predicted octanol–water partition coefficient (Wildman–Crippen LogP) is 5.88. The Kier molecular flexibility index (Phi) is 3.23. The van der Waals surface area contributed by atoms with Crippen molar-refractivity contribution >= 4 is 22.5 Å². The molecule has 3 aromatic rings. The van der Waals surface area contributed by atoms with Gasteiger partial charge in [-0.25, -0.2) is 0 Å². The van der Waals surface area contributed by atoms with Crippen molar-refractivity contribution in [2.75, 3.05) is 0 Å². The van der Waals surface area contributed by atoms with Crippen molar-refractivity contribution in [2.45, 2.75) is 38.5 Å². The number of aromatic amines is 1. The topological polar surface area (TPSA) is 28.7 Å². The number of nitrogens with zero attached hydrogens (tertiary/aromatic N) is 1. The van der Waals surface area contributed by atoms with E-state index in [9.17, 15) is 0 Å². The Balaban J connectivity index is 1.77. The van der Waals surface area contributed by atoms with E-state index in [1.807, 2.05) is 12.3 Å². The highest BCUT2D eigenvalue weighted by Gasteiger charge is 2.23. The average molecular weight is 311 g/mol. The van der Waals surface area contributed by atoms with Gasteiger partial charge in [-0.2, -0.15) is 0 Å². The molecule has 2 aromatic heterocycles. The highest BCUT2D eigenvalue weighted by atomic mass is 35.5. The van der Waals surface area contributed by atoms with Crippen LogP contribution in [0.4, 0.5) is 0 Å². The number of H-pyrrole nitrogens is 1. The second-order valence-corrected chi connectivity index (χ2v) is 6.96. The number of hydrogen-bond donors (Lipinski definition) is 1. The standard InChI is InChI=1S/C19H19ClN2/c1-11(2)18-8-14-7-16(20)15(9-19(14)22-18)17-6-5-13(10-21-17)12-3-4-12/h5-12,22H,3-4H2,1-2H3. The SMILES string of the molecule is CC(C)c1cc2cc(Cl)c(-c3ccc(C4CC4)cn3)cc2[nH]1. The first-order valence-electron chi connectivity index (χ1n) is 7.90. The third-order valence-electron chi connectivity index (χ3n) is 4.46. The number of halogens is 1. The number of rotatable bonds is 3. The van der Waals surface area contributed by atoms with Crippen molar-refractivity contribution in [3.63, 3.8) is 0 Å². The lowest BCUT2D eigenvalue weighted by Gasteiger charge is -2.06. The fraction of sp³-hybridized carbons (Fsp3) is 0.316. The first-order chi connectivity index (χ1) is 10.6. The molecular formula is C19H19ClN2. The Labute approximate surface area is 135 Å². The second-order valence-electron chi connectivity index (χ2n) is 6.55. The minimum Gasteiger partial charge on any atom is -0.358 e. The van der Waals surface area contributed by atoms with Crippen LogP contribution < -0.4 is 0 Å². The fourth-order valence-corrected chi connectivity index (χ4v) is 3.17. The van der Waals surface area contributed by atoms with Crippen LogP contribution in [0.25, 0.3) is 22.2 Å². The van der Waals surface area contributed by atoms with Gasteiger partial charge in [0.2, 0.25) is 0 Å². The first kappa shape index (κ1) is 13.8. The molecule has 2 nitrogen and oxygen atoms in total. The lowest BCUT2D eigenvalue weighted by Crippen LogP contribution is -1.88. The van der Waals surface area contributed by atoms with Gasteiger partial charge in [0, 0.05) is 28.4 Å². The van der Waals surface area contributed by atoms with Gasteiger partial charge in [-0.15, -0.1) is 0 Å². The molecule has 3 heteroatoms. The van der Waals surface area contributed by atoms with Crippen LogP contribution in [0.3, 0.4) is 0 Å². The molecule has 1 saturated carbocycles. The van der Waals surface area contributed by atoms with Gasteiger partial charge in [-0.1, -0.05) is 31.5 Å². The van der Waals surface area contributed by atoms with E-state index >= 15 is 0 Å². The van der Waals surface area contributed by atoms with Crippen LogP contribution in [0.15, 0.2) is 36.5 Å². The van der Waals surface area contributed by atoms with Crippen LogP contribution >= 0.6 is 11.6 Å². The summed E-state index contributed by atoms with van der Waals surface area (Å²) in [6, 6.07) is 10.6. The second kappa shape index (κ2) is 5.13. The van der Waals surface area contributed by atoms with Crippen LogP contribution in [0, 0.1) is 0 Å². The van der Waals surface area contributed by atoms with Gasteiger partial charge in [0.25, 0.3) is 0 Å². The molecule has 1 fully saturated rings. The maximum absolute atomic E-state index is 6.49. The molecule has 0 atom stereocenters. The Morgan fingerprint density at radius 1 is 1.18 bits per heavy atom. The summed E-state index contributed by atoms with van der Waals surface area (Å²) in [5, 5.41) is 1.92. The zero-order valence-corrected chi connectivity index (χ0v) is 13.6. The highest BCUT2D eigenvalue weighted by Crippen LogP contribution is 2.40. The Morgan fingerprint density at radius 2 is 2.00 bits per heavy atom. The van der Waals surface area contributed by atoms with Crippen LogP contribution in [-0.2, 0) is 0 Å². The summed E-state index contributed by atoms with van der Waals surface area (Å²) in [7, 11) is 0. The minimum atomic E-state index is 0.477. The number of fused-ring (bicyclic) bond motifs is 1. The monoisotopic (exact) mass is 310 g/mol. The minimum absolute atomic E-state index is 0.477. The van der Waals surface area contributed by atoms with Gasteiger partial charge in [0.15, 0.2) is 0 Å². The van der Waals surface area contributed by atoms with E-state index in [0.717, 1.165) is 33.1 Å². The molecule has 0 unspecified atom stereocenters. The van der Waals surface area contributed by atoms with Gasteiger partial charge in [0.05, 0.1) is 10.7 Å². The Bertz CT molecular complexity index is 827. The van der Waals surface area contributed by atoms with Crippen molar-refractivity contribution in [2.24, 2.45) is 0 Å².